The van der Waals surface area contributed by atoms with Gasteiger partial charge in [0.15, 0.2) is 5.78 Å². The Labute approximate surface area is 221 Å². The molecule has 3 aliphatic rings. The Morgan fingerprint density at radius 3 is 2.38 bits per heavy atom. The summed E-state index contributed by atoms with van der Waals surface area (Å²) in [5, 5.41) is 0. The summed E-state index contributed by atoms with van der Waals surface area (Å²) in [5.41, 5.74) is 7.77. The van der Waals surface area contributed by atoms with Gasteiger partial charge < -0.3 is 25.2 Å². The lowest BCUT2D eigenvalue weighted by Gasteiger charge is -2.36. The third-order valence-electron chi connectivity index (χ3n) is 8.45. The summed E-state index contributed by atoms with van der Waals surface area (Å²) in [4.78, 5) is 46.3. The van der Waals surface area contributed by atoms with Gasteiger partial charge in [0.05, 0.1) is 12.0 Å². The van der Waals surface area contributed by atoms with Gasteiger partial charge in [-0.2, -0.15) is 0 Å². The minimum absolute atomic E-state index is 0.0360. The molecule has 4 atom stereocenters. The van der Waals surface area contributed by atoms with Crippen molar-refractivity contribution in [2.75, 3.05) is 50.8 Å². The van der Waals surface area contributed by atoms with Gasteiger partial charge in [-0.05, 0) is 48.1 Å². The zero-order chi connectivity index (χ0) is 27.1. The first kappa shape index (κ1) is 27.6. The van der Waals surface area contributed by atoms with Crippen molar-refractivity contribution < 1.29 is 19.1 Å². The van der Waals surface area contributed by atoms with Crippen LogP contribution in [0.5, 0.6) is 0 Å². The van der Waals surface area contributed by atoms with Crippen molar-refractivity contribution in [2.45, 2.75) is 66.0 Å². The molecule has 8 heteroatoms. The first-order valence-corrected chi connectivity index (χ1v) is 13.8. The molecule has 3 saturated heterocycles. The van der Waals surface area contributed by atoms with Gasteiger partial charge in [0.2, 0.25) is 11.8 Å². The zero-order valence-corrected chi connectivity index (χ0v) is 23.3. The summed E-state index contributed by atoms with van der Waals surface area (Å²) in [5.74, 6) is -0.975. The third-order valence-corrected chi connectivity index (χ3v) is 8.45. The Morgan fingerprint density at radius 1 is 1.14 bits per heavy atom. The molecule has 8 nitrogen and oxygen atoms in total. The number of hydrogen-bond donors (Lipinski definition) is 1. The van der Waals surface area contributed by atoms with Crippen LogP contribution in [0.3, 0.4) is 0 Å². The Kier molecular flexibility index (Phi) is 8.00. The summed E-state index contributed by atoms with van der Waals surface area (Å²) >= 11 is 0. The van der Waals surface area contributed by atoms with Gasteiger partial charge in [0.25, 0.3) is 0 Å². The van der Waals surface area contributed by atoms with Crippen LogP contribution in [0.15, 0.2) is 18.2 Å². The molecule has 2 amide bonds. The van der Waals surface area contributed by atoms with Crippen LogP contribution in [-0.4, -0.2) is 85.4 Å². The number of fused-ring (bicyclic) bond motifs is 1. The highest BCUT2D eigenvalue weighted by Crippen LogP contribution is 2.43. The second kappa shape index (κ2) is 10.7. The normalized spacial score (nSPS) is 25.6. The quantitative estimate of drug-likeness (QED) is 0.604. The van der Waals surface area contributed by atoms with Gasteiger partial charge in [0, 0.05) is 49.9 Å². The van der Waals surface area contributed by atoms with E-state index in [-0.39, 0.29) is 41.7 Å². The predicted octanol–water partition coefficient (Wildman–Crippen LogP) is 2.90. The molecule has 0 unspecified atom stereocenters. The van der Waals surface area contributed by atoms with E-state index in [4.69, 9.17) is 10.5 Å². The first-order chi connectivity index (χ1) is 17.4. The molecule has 0 saturated carbocycles. The largest absolute Gasteiger partial charge is 0.369 e. The van der Waals surface area contributed by atoms with E-state index in [1.54, 1.807) is 11.0 Å². The molecule has 204 valence electrons. The van der Waals surface area contributed by atoms with E-state index in [0.29, 0.717) is 24.1 Å². The highest BCUT2D eigenvalue weighted by atomic mass is 16.5. The molecule has 0 bridgehead atoms. The van der Waals surface area contributed by atoms with Crippen molar-refractivity contribution in [1.82, 2.24) is 9.80 Å². The van der Waals surface area contributed by atoms with Crippen LogP contribution in [-0.2, 0) is 14.3 Å². The van der Waals surface area contributed by atoms with Crippen LogP contribution in [0.2, 0.25) is 0 Å². The fourth-order valence-electron chi connectivity index (χ4n) is 6.26. The van der Waals surface area contributed by atoms with Crippen LogP contribution < -0.4 is 10.6 Å². The Hall–Kier alpha value is -2.45. The molecule has 3 fully saturated rings. The number of ketones is 1. The Morgan fingerprint density at radius 2 is 1.81 bits per heavy atom. The maximum absolute atomic E-state index is 14.3. The number of anilines is 1. The standard InChI is InChI=1S/C29H44N4O4/c1-7-31-10-12-32(13-11-31)19-8-9-20(27(30)35)21(15-19)22(14-18(2)3)28(36)33-16-23(29(4,5)6)26-25(33)24(34)17-37-26/h8-9,15,18,22-23,25-26H,7,10-14,16-17H2,1-6H3,(H2,30,35)/t22-,23+,25+,26+/m0/s1. The second-order valence-electron chi connectivity index (χ2n) is 12.4. The number of ether oxygens (including phenoxy) is 1. The lowest BCUT2D eigenvalue weighted by atomic mass is 9.78. The van der Waals surface area contributed by atoms with Crippen molar-refractivity contribution >= 4 is 23.3 Å². The first-order valence-electron chi connectivity index (χ1n) is 13.8. The number of rotatable bonds is 7. The number of primary amides is 1. The van der Waals surface area contributed by atoms with Crippen LogP contribution >= 0.6 is 0 Å². The number of carbonyl (C=O) groups is 3. The molecule has 2 N–H and O–H groups in total. The Balaban J connectivity index is 1.71. The topological polar surface area (TPSA) is 96.2 Å². The number of piperazine rings is 1. The number of nitrogens with zero attached hydrogens (tertiary/aromatic N) is 3. The predicted molar refractivity (Wildman–Crippen MR) is 145 cm³/mol. The maximum atomic E-state index is 14.3. The number of carbonyl (C=O) groups excluding carboxylic acids is 3. The number of Topliss-reactive ketones (excluding diaryl/α,β-unsaturated/α-hetero) is 1. The molecule has 37 heavy (non-hydrogen) atoms. The van der Waals surface area contributed by atoms with Gasteiger partial charge in [-0.1, -0.05) is 41.5 Å². The monoisotopic (exact) mass is 512 g/mol. The van der Waals surface area contributed by atoms with E-state index in [1.807, 2.05) is 12.1 Å². The SMILES string of the molecule is CCN1CCN(c2ccc(C(N)=O)c([C@H](CC(C)C)C(=O)N3C[C@@H](C(C)(C)C)[C@H]4OCC(=O)[C@H]43)c2)CC1. The zero-order valence-electron chi connectivity index (χ0n) is 23.3. The van der Waals surface area contributed by atoms with Crippen LogP contribution in [0.1, 0.15) is 69.8 Å². The number of nitrogens with two attached hydrogens (primary N) is 1. The van der Waals surface area contributed by atoms with Crippen molar-refractivity contribution in [3.63, 3.8) is 0 Å². The van der Waals surface area contributed by atoms with Crippen LogP contribution in [0, 0.1) is 17.3 Å². The highest BCUT2D eigenvalue weighted by Gasteiger charge is 2.55. The number of hydrogen-bond acceptors (Lipinski definition) is 6. The molecular formula is C29H44N4O4. The summed E-state index contributed by atoms with van der Waals surface area (Å²) in [7, 11) is 0. The summed E-state index contributed by atoms with van der Waals surface area (Å²) in [6.45, 7) is 18.0. The number of likely N-dealkylation sites (N-methyl/N-ethyl adjacent to an activating group) is 1. The van der Waals surface area contributed by atoms with Gasteiger partial charge in [0.1, 0.15) is 12.6 Å². The smallest absolute Gasteiger partial charge is 0.249 e. The van der Waals surface area contributed by atoms with Crippen LogP contribution in [0.25, 0.3) is 0 Å². The van der Waals surface area contributed by atoms with Gasteiger partial charge in [-0.3, -0.25) is 14.4 Å². The second-order valence-corrected chi connectivity index (χ2v) is 12.4. The van der Waals surface area contributed by atoms with Crippen molar-refractivity contribution in [2.24, 2.45) is 23.0 Å². The van der Waals surface area contributed by atoms with E-state index in [2.05, 4.69) is 51.3 Å². The van der Waals surface area contributed by atoms with E-state index >= 15 is 0 Å². The molecule has 4 rings (SSSR count). The third kappa shape index (κ3) is 5.55. The van der Waals surface area contributed by atoms with E-state index < -0.39 is 17.9 Å². The molecule has 1 aromatic carbocycles. The molecule has 3 heterocycles. The number of amides is 2. The van der Waals surface area contributed by atoms with Gasteiger partial charge in [-0.15, -0.1) is 0 Å². The number of benzene rings is 1. The highest BCUT2D eigenvalue weighted by molar-refractivity contribution is 5.99. The Bertz CT molecular complexity index is 1030. The van der Waals surface area contributed by atoms with E-state index in [0.717, 1.165) is 38.4 Å². The lowest BCUT2D eigenvalue weighted by molar-refractivity contribution is -0.138. The molecule has 1 aromatic rings. The van der Waals surface area contributed by atoms with Gasteiger partial charge >= 0.3 is 0 Å². The van der Waals surface area contributed by atoms with Crippen LogP contribution in [0.4, 0.5) is 5.69 Å². The number of likely N-dealkylation sites (tertiary alicyclic amines) is 1. The average Bonchev–Trinajstić information content (AvgIpc) is 3.42. The van der Waals surface area contributed by atoms with Gasteiger partial charge in [-0.25, -0.2) is 0 Å². The molecule has 0 spiro atoms. The van der Waals surface area contributed by atoms with Crippen molar-refractivity contribution in [1.29, 1.82) is 0 Å². The van der Waals surface area contributed by atoms with E-state index in [9.17, 15) is 14.4 Å². The minimum atomic E-state index is -0.563. The fraction of sp³-hybridized carbons (Fsp3) is 0.690. The van der Waals surface area contributed by atoms with E-state index in [1.165, 1.54) is 0 Å². The molecular weight excluding hydrogens is 468 g/mol. The summed E-state index contributed by atoms with van der Waals surface area (Å²) < 4.78 is 5.93. The molecule has 0 aromatic heterocycles. The minimum Gasteiger partial charge on any atom is -0.369 e. The summed E-state index contributed by atoms with van der Waals surface area (Å²) in [6.07, 6.45) is 0.280. The molecule has 3 aliphatic heterocycles. The van der Waals surface area contributed by atoms with Crippen molar-refractivity contribution in [3.05, 3.63) is 29.3 Å². The molecule has 0 aliphatic carbocycles. The lowest BCUT2D eigenvalue weighted by Crippen LogP contribution is -2.46. The average molecular weight is 513 g/mol. The molecule has 0 radical (unpaired) electrons. The summed E-state index contributed by atoms with van der Waals surface area (Å²) in [6, 6.07) is 5.15. The maximum Gasteiger partial charge on any atom is 0.249 e. The van der Waals surface area contributed by atoms with Crippen molar-refractivity contribution in [3.8, 4) is 0 Å². The fourth-order valence-corrected chi connectivity index (χ4v) is 6.26.